The summed E-state index contributed by atoms with van der Waals surface area (Å²) < 4.78 is 6.21. The van der Waals surface area contributed by atoms with Gasteiger partial charge in [0.2, 0.25) is 0 Å². The van der Waals surface area contributed by atoms with Gasteiger partial charge in [0.05, 0.1) is 31.0 Å². The zero-order valence-corrected chi connectivity index (χ0v) is 11.7. The molecule has 0 bridgehead atoms. The van der Waals surface area contributed by atoms with Crippen LogP contribution in [0.4, 0.5) is 11.4 Å². The van der Waals surface area contributed by atoms with Gasteiger partial charge in [-0.1, -0.05) is 11.6 Å². The van der Waals surface area contributed by atoms with E-state index in [2.05, 4.69) is 4.98 Å². The number of hydrogen-bond acceptors (Lipinski definition) is 6. The van der Waals surface area contributed by atoms with Crippen LogP contribution in [0.5, 0.6) is 5.75 Å². The first-order valence-corrected chi connectivity index (χ1v) is 6.13. The lowest BCUT2D eigenvalue weighted by Crippen LogP contribution is -2.24. The Kier molecular flexibility index (Phi) is 4.08. The van der Waals surface area contributed by atoms with E-state index in [9.17, 15) is 14.9 Å². The van der Waals surface area contributed by atoms with Crippen molar-refractivity contribution in [3.63, 3.8) is 0 Å². The Morgan fingerprint density at radius 1 is 1.48 bits per heavy atom. The van der Waals surface area contributed by atoms with Gasteiger partial charge in [-0.3, -0.25) is 19.5 Å². The molecule has 0 unspecified atom stereocenters. The molecule has 0 saturated carbocycles. The number of nitrogens with zero attached hydrogens (tertiary/aromatic N) is 3. The maximum Gasteiger partial charge on any atom is 0.278 e. The van der Waals surface area contributed by atoms with E-state index in [1.54, 1.807) is 6.07 Å². The van der Waals surface area contributed by atoms with Crippen molar-refractivity contribution in [2.75, 3.05) is 12.8 Å². The Morgan fingerprint density at radius 2 is 2.19 bits per heavy atom. The van der Waals surface area contributed by atoms with Crippen molar-refractivity contribution in [2.24, 2.45) is 0 Å². The van der Waals surface area contributed by atoms with Crippen LogP contribution in [0.2, 0.25) is 5.15 Å². The molecular weight excluding hydrogens is 300 g/mol. The smallest absolute Gasteiger partial charge is 0.278 e. The summed E-state index contributed by atoms with van der Waals surface area (Å²) in [7, 11) is 1.40. The number of aromatic nitrogens is 2. The number of nitro benzene ring substituents is 1. The number of hydrogen-bond donors (Lipinski definition) is 1. The average Bonchev–Trinajstić information content (AvgIpc) is 2.47. The van der Waals surface area contributed by atoms with Crippen LogP contribution in [0.3, 0.4) is 0 Å². The fraction of sp³-hybridized carbons (Fsp3) is 0.167. The molecule has 1 aromatic carbocycles. The highest BCUT2D eigenvalue weighted by Crippen LogP contribution is 2.23. The lowest BCUT2D eigenvalue weighted by molar-refractivity contribution is -0.385. The van der Waals surface area contributed by atoms with Crippen LogP contribution in [-0.4, -0.2) is 21.6 Å². The van der Waals surface area contributed by atoms with E-state index >= 15 is 0 Å². The molecule has 2 aromatic rings. The molecule has 0 atom stereocenters. The molecule has 1 aromatic heterocycles. The summed E-state index contributed by atoms with van der Waals surface area (Å²) in [5, 5.41) is 10.8. The normalized spacial score (nSPS) is 10.4. The van der Waals surface area contributed by atoms with Gasteiger partial charge < -0.3 is 10.5 Å². The first-order chi connectivity index (χ1) is 9.92. The van der Waals surface area contributed by atoms with Crippen molar-refractivity contribution in [3.8, 4) is 5.75 Å². The molecule has 0 fully saturated rings. The molecule has 9 heteroatoms. The second-order valence-electron chi connectivity index (χ2n) is 4.18. The second kappa shape index (κ2) is 5.80. The molecule has 1 heterocycles. The SMILES string of the molecule is COc1cc(Cn2cnc(Cl)c(N)c2=O)cc([N+](=O)[O-])c1. The molecule has 21 heavy (non-hydrogen) atoms. The number of nitrogen functional groups attached to an aromatic ring is 1. The van der Waals surface area contributed by atoms with E-state index in [-0.39, 0.29) is 23.1 Å². The first kappa shape index (κ1) is 14.8. The van der Waals surface area contributed by atoms with Crippen LogP contribution in [0.1, 0.15) is 5.56 Å². The van der Waals surface area contributed by atoms with Crippen LogP contribution in [-0.2, 0) is 6.54 Å². The van der Waals surface area contributed by atoms with Crippen molar-refractivity contribution >= 4 is 23.0 Å². The van der Waals surface area contributed by atoms with Gasteiger partial charge in [-0.15, -0.1) is 0 Å². The van der Waals surface area contributed by atoms with Gasteiger partial charge >= 0.3 is 0 Å². The number of anilines is 1. The standard InChI is InChI=1S/C12H11ClN4O4/c1-21-9-3-7(2-8(4-9)17(19)20)5-16-6-15-11(13)10(14)12(16)18/h2-4,6H,5,14H2,1H3. The number of rotatable bonds is 4. The summed E-state index contributed by atoms with van der Waals surface area (Å²) in [6.07, 6.45) is 1.23. The van der Waals surface area contributed by atoms with Crippen LogP contribution < -0.4 is 16.0 Å². The quantitative estimate of drug-likeness (QED) is 0.519. The predicted molar refractivity (Wildman–Crippen MR) is 76.7 cm³/mol. The van der Waals surface area contributed by atoms with Crippen molar-refractivity contribution in [3.05, 3.63) is 55.7 Å². The molecule has 0 amide bonds. The molecule has 2 rings (SSSR count). The van der Waals surface area contributed by atoms with E-state index in [1.165, 1.54) is 30.1 Å². The maximum absolute atomic E-state index is 11.9. The monoisotopic (exact) mass is 310 g/mol. The number of ether oxygens (including phenoxy) is 1. The Labute approximate surface area is 123 Å². The summed E-state index contributed by atoms with van der Waals surface area (Å²) in [6, 6.07) is 4.23. The van der Waals surface area contributed by atoms with E-state index in [0.29, 0.717) is 11.3 Å². The third kappa shape index (κ3) is 3.11. The largest absolute Gasteiger partial charge is 0.496 e. The Hall–Kier alpha value is -2.61. The Bertz CT molecular complexity index is 759. The molecule has 2 N–H and O–H groups in total. The second-order valence-corrected chi connectivity index (χ2v) is 4.54. The van der Waals surface area contributed by atoms with Crippen LogP contribution in [0.15, 0.2) is 29.3 Å². The summed E-state index contributed by atoms with van der Waals surface area (Å²) in [5.41, 5.74) is 5.20. The highest BCUT2D eigenvalue weighted by molar-refractivity contribution is 6.31. The van der Waals surface area contributed by atoms with Gasteiger partial charge in [0.1, 0.15) is 11.4 Å². The molecule has 110 valence electrons. The van der Waals surface area contributed by atoms with Gasteiger partial charge in [-0.05, 0) is 11.6 Å². The summed E-state index contributed by atoms with van der Waals surface area (Å²) >= 11 is 5.64. The predicted octanol–water partition coefficient (Wildman–Crippen LogP) is 1.44. The minimum absolute atomic E-state index is 0.0608. The molecule has 8 nitrogen and oxygen atoms in total. The van der Waals surface area contributed by atoms with Crippen molar-refractivity contribution in [1.82, 2.24) is 9.55 Å². The van der Waals surface area contributed by atoms with E-state index in [1.807, 2.05) is 0 Å². The number of methoxy groups -OCH3 is 1. The van der Waals surface area contributed by atoms with Crippen LogP contribution >= 0.6 is 11.6 Å². The molecule has 0 aliphatic heterocycles. The zero-order chi connectivity index (χ0) is 15.6. The molecule has 0 radical (unpaired) electrons. The van der Waals surface area contributed by atoms with E-state index in [0.717, 1.165) is 0 Å². The van der Waals surface area contributed by atoms with Crippen LogP contribution in [0, 0.1) is 10.1 Å². The topological polar surface area (TPSA) is 113 Å². The third-order valence-electron chi connectivity index (χ3n) is 2.77. The lowest BCUT2D eigenvalue weighted by Gasteiger charge is -2.08. The Morgan fingerprint density at radius 3 is 2.81 bits per heavy atom. The van der Waals surface area contributed by atoms with Crippen molar-refractivity contribution < 1.29 is 9.66 Å². The minimum atomic E-state index is -0.538. The maximum atomic E-state index is 11.9. The summed E-state index contributed by atoms with van der Waals surface area (Å²) in [5.74, 6) is 0.321. The number of benzene rings is 1. The minimum Gasteiger partial charge on any atom is -0.496 e. The number of halogens is 1. The number of nitro groups is 1. The average molecular weight is 311 g/mol. The van der Waals surface area contributed by atoms with Gasteiger partial charge in [0.15, 0.2) is 5.15 Å². The molecule has 0 aliphatic carbocycles. The lowest BCUT2D eigenvalue weighted by atomic mass is 10.2. The number of non-ortho nitro benzene ring substituents is 1. The highest BCUT2D eigenvalue weighted by Gasteiger charge is 2.12. The Balaban J connectivity index is 2.44. The molecular formula is C12H11ClN4O4. The van der Waals surface area contributed by atoms with Gasteiger partial charge in [-0.25, -0.2) is 4.98 Å². The molecule has 0 spiro atoms. The van der Waals surface area contributed by atoms with Gasteiger partial charge in [-0.2, -0.15) is 0 Å². The fourth-order valence-corrected chi connectivity index (χ4v) is 1.88. The fourth-order valence-electron chi connectivity index (χ4n) is 1.75. The highest BCUT2D eigenvalue weighted by atomic mass is 35.5. The van der Waals surface area contributed by atoms with Crippen molar-refractivity contribution in [2.45, 2.75) is 6.54 Å². The molecule has 0 saturated heterocycles. The number of nitrogens with two attached hydrogens (primary N) is 1. The van der Waals surface area contributed by atoms with Crippen molar-refractivity contribution in [1.29, 1.82) is 0 Å². The van der Waals surface area contributed by atoms with E-state index in [4.69, 9.17) is 22.1 Å². The summed E-state index contributed by atoms with van der Waals surface area (Å²) in [4.78, 5) is 26.0. The van der Waals surface area contributed by atoms with Gasteiger partial charge in [0, 0.05) is 6.07 Å². The van der Waals surface area contributed by atoms with E-state index < -0.39 is 10.5 Å². The van der Waals surface area contributed by atoms with Gasteiger partial charge in [0.25, 0.3) is 11.2 Å². The van der Waals surface area contributed by atoms with Crippen LogP contribution in [0.25, 0.3) is 0 Å². The summed E-state index contributed by atoms with van der Waals surface area (Å²) in [6.45, 7) is 0.0608. The third-order valence-corrected chi connectivity index (χ3v) is 3.08. The first-order valence-electron chi connectivity index (χ1n) is 5.75. The molecule has 0 aliphatic rings. The zero-order valence-electron chi connectivity index (χ0n) is 10.9.